The molecule has 0 spiro atoms. The van der Waals surface area contributed by atoms with Crippen LogP contribution in [-0.4, -0.2) is 30.3 Å². The van der Waals surface area contributed by atoms with Gasteiger partial charge in [0.2, 0.25) is 0 Å². The molecule has 0 aliphatic heterocycles. The average molecular weight is 292 g/mol. The third kappa shape index (κ3) is 4.11. The van der Waals surface area contributed by atoms with Crippen molar-refractivity contribution in [1.29, 1.82) is 0 Å². The zero-order valence-corrected chi connectivity index (χ0v) is 12.0. The normalized spacial score (nSPS) is 15.3. The topological polar surface area (TPSA) is 87.7 Å². The van der Waals surface area contributed by atoms with Crippen LogP contribution in [0, 0.1) is 0 Å². The van der Waals surface area contributed by atoms with E-state index in [1.54, 1.807) is 6.07 Å². The van der Waals surface area contributed by atoms with Crippen molar-refractivity contribution in [2.45, 2.75) is 38.1 Å². The Hall–Kier alpha value is -2.24. The number of carbonyl (C=O) groups is 2. The minimum absolute atomic E-state index is 0.0367. The number of urea groups is 1. The number of aromatic carboxylic acids is 1. The summed E-state index contributed by atoms with van der Waals surface area (Å²) in [7, 11) is 1.49. The number of ether oxygens (including phenoxy) is 1. The van der Waals surface area contributed by atoms with Crippen molar-refractivity contribution < 1.29 is 19.4 Å². The fourth-order valence-corrected chi connectivity index (χ4v) is 2.53. The van der Waals surface area contributed by atoms with Gasteiger partial charge in [0.1, 0.15) is 5.75 Å². The molecule has 0 atom stereocenters. The second-order valence-electron chi connectivity index (χ2n) is 5.15. The molecule has 0 unspecified atom stereocenters. The number of hydrogen-bond donors (Lipinski definition) is 3. The largest absolute Gasteiger partial charge is 0.497 e. The number of carboxylic acid groups (broad SMARTS) is 1. The van der Waals surface area contributed by atoms with Crippen LogP contribution in [0.2, 0.25) is 0 Å². The first kappa shape index (κ1) is 15.2. The van der Waals surface area contributed by atoms with E-state index in [0.717, 1.165) is 25.7 Å². The maximum Gasteiger partial charge on any atom is 0.337 e. The maximum atomic E-state index is 12.0. The van der Waals surface area contributed by atoms with Gasteiger partial charge in [0.05, 0.1) is 18.4 Å². The number of benzene rings is 1. The molecule has 1 aliphatic rings. The van der Waals surface area contributed by atoms with Gasteiger partial charge in [-0.3, -0.25) is 0 Å². The number of rotatable bonds is 4. The molecule has 6 heteroatoms. The Bertz CT molecular complexity index is 524. The second kappa shape index (κ2) is 6.97. The quantitative estimate of drug-likeness (QED) is 0.796. The van der Waals surface area contributed by atoms with Crippen LogP contribution in [0.4, 0.5) is 10.5 Å². The summed E-state index contributed by atoms with van der Waals surface area (Å²) in [5.41, 5.74) is 0.268. The van der Waals surface area contributed by atoms with Crippen molar-refractivity contribution in [3.8, 4) is 5.75 Å². The van der Waals surface area contributed by atoms with Gasteiger partial charge in [0.25, 0.3) is 0 Å². The summed E-state index contributed by atoms with van der Waals surface area (Å²) >= 11 is 0. The highest BCUT2D eigenvalue weighted by molar-refractivity contribution is 6.00. The molecular weight excluding hydrogens is 272 g/mol. The van der Waals surface area contributed by atoms with E-state index in [2.05, 4.69) is 10.6 Å². The van der Waals surface area contributed by atoms with Gasteiger partial charge in [0, 0.05) is 12.1 Å². The van der Waals surface area contributed by atoms with Gasteiger partial charge in [-0.2, -0.15) is 0 Å². The van der Waals surface area contributed by atoms with Crippen LogP contribution < -0.4 is 15.4 Å². The lowest BCUT2D eigenvalue weighted by atomic mass is 9.96. The molecule has 6 nitrogen and oxygen atoms in total. The van der Waals surface area contributed by atoms with E-state index in [1.807, 2.05) is 0 Å². The lowest BCUT2D eigenvalue weighted by molar-refractivity contribution is 0.0698. The van der Waals surface area contributed by atoms with E-state index in [9.17, 15) is 9.59 Å². The number of anilines is 1. The molecule has 0 aromatic heterocycles. The molecule has 0 saturated heterocycles. The molecule has 1 fully saturated rings. The van der Waals surface area contributed by atoms with Gasteiger partial charge in [-0.1, -0.05) is 19.3 Å². The monoisotopic (exact) mass is 292 g/mol. The molecular formula is C15H20N2O4. The Balaban J connectivity index is 2.06. The summed E-state index contributed by atoms with van der Waals surface area (Å²) in [6, 6.07) is 4.25. The maximum absolute atomic E-state index is 12.0. The van der Waals surface area contributed by atoms with Crippen LogP contribution in [0.25, 0.3) is 0 Å². The summed E-state index contributed by atoms with van der Waals surface area (Å²) in [4.78, 5) is 23.2. The van der Waals surface area contributed by atoms with Crippen LogP contribution >= 0.6 is 0 Å². The molecule has 21 heavy (non-hydrogen) atoms. The van der Waals surface area contributed by atoms with Crippen molar-refractivity contribution in [1.82, 2.24) is 5.32 Å². The summed E-state index contributed by atoms with van der Waals surface area (Å²) in [6.45, 7) is 0. The van der Waals surface area contributed by atoms with Gasteiger partial charge >= 0.3 is 12.0 Å². The number of methoxy groups -OCH3 is 1. The van der Waals surface area contributed by atoms with Gasteiger partial charge in [-0.25, -0.2) is 9.59 Å². The van der Waals surface area contributed by atoms with Crippen molar-refractivity contribution >= 4 is 17.7 Å². The highest BCUT2D eigenvalue weighted by Gasteiger charge is 2.18. The molecule has 1 saturated carbocycles. The Labute approximate surface area is 123 Å². The SMILES string of the molecule is COc1ccc(C(=O)O)c(NC(=O)NC2CCCCC2)c1. The zero-order chi connectivity index (χ0) is 15.2. The number of amides is 2. The van der Waals surface area contributed by atoms with Crippen molar-refractivity contribution in [3.05, 3.63) is 23.8 Å². The first-order chi connectivity index (χ1) is 10.1. The molecule has 2 rings (SSSR count). The Morgan fingerprint density at radius 1 is 1.24 bits per heavy atom. The predicted octanol–water partition coefficient (Wildman–Crippen LogP) is 2.85. The van der Waals surface area contributed by atoms with E-state index in [4.69, 9.17) is 9.84 Å². The van der Waals surface area contributed by atoms with Gasteiger partial charge in [-0.15, -0.1) is 0 Å². The van der Waals surface area contributed by atoms with Crippen LogP contribution in [0.5, 0.6) is 5.75 Å². The van der Waals surface area contributed by atoms with Crippen LogP contribution in [0.15, 0.2) is 18.2 Å². The lowest BCUT2D eigenvalue weighted by Crippen LogP contribution is -2.39. The van der Waals surface area contributed by atoms with Crippen molar-refractivity contribution in [2.24, 2.45) is 0 Å². The minimum Gasteiger partial charge on any atom is -0.497 e. The van der Waals surface area contributed by atoms with Crippen LogP contribution in [-0.2, 0) is 0 Å². The summed E-state index contributed by atoms with van der Waals surface area (Å²) in [5.74, 6) is -0.599. The molecule has 0 radical (unpaired) electrons. The van der Waals surface area contributed by atoms with Crippen molar-refractivity contribution in [2.75, 3.05) is 12.4 Å². The summed E-state index contributed by atoms with van der Waals surface area (Å²) in [6.07, 6.45) is 5.38. The minimum atomic E-state index is -1.09. The third-order valence-corrected chi connectivity index (χ3v) is 3.65. The van der Waals surface area contributed by atoms with E-state index >= 15 is 0 Å². The number of hydrogen-bond acceptors (Lipinski definition) is 3. The third-order valence-electron chi connectivity index (χ3n) is 3.65. The van der Waals surface area contributed by atoms with Crippen LogP contribution in [0.1, 0.15) is 42.5 Å². The van der Waals surface area contributed by atoms with E-state index in [-0.39, 0.29) is 23.3 Å². The second-order valence-corrected chi connectivity index (χ2v) is 5.15. The first-order valence-corrected chi connectivity index (χ1v) is 7.09. The standard InChI is InChI=1S/C15H20N2O4/c1-21-11-7-8-12(14(18)19)13(9-11)17-15(20)16-10-5-3-2-4-6-10/h7-10H,2-6H2,1H3,(H,18,19)(H2,16,17,20). The molecule has 1 aliphatic carbocycles. The smallest absolute Gasteiger partial charge is 0.337 e. The molecule has 2 amide bonds. The van der Waals surface area contributed by atoms with Gasteiger partial charge < -0.3 is 20.5 Å². The molecule has 1 aromatic rings. The number of carboxylic acids is 1. The zero-order valence-electron chi connectivity index (χ0n) is 12.0. The van der Waals surface area contributed by atoms with E-state index < -0.39 is 5.97 Å². The first-order valence-electron chi connectivity index (χ1n) is 7.09. The van der Waals surface area contributed by atoms with E-state index in [0.29, 0.717) is 5.75 Å². The highest BCUT2D eigenvalue weighted by Crippen LogP contribution is 2.23. The molecule has 0 bridgehead atoms. The number of carbonyl (C=O) groups excluding carboxylic acids is 1. The fourth-order valence-electron chi connectivity index (χ4n) is 2.53. The van der Waals surface area contributed by atoms with Gasteiger partial charge in [0.15, 0.2) is 0 Å². The Morgan fingerprint density at radius 3 is 2.57 bits per heavy atom. The average Bonchev–Trinajstić information content (AvgIpc) is 2.47. The fraction of sp³-hybridized carbons (Fsp3) is 0.467. The molecule has 1 aromatic carbocycles. The van der Waals surface area contributed by atoms with Crippen molar-refractivity contribution in [3.63, 3.8) is 0 Å². The van der Waals surface area contributed by atoms with E-state index in [1.165, 1.54) is 25.7 Å². The summed E-state index contributed by atoms with van der Waals surface area (Å²) < 4.78 is 5.06. The number of nitrogens with one attached hydrogen (secondary N) is 2. The van der Waals surface area contributed by atoms with Crippen LogP contribution in [0.3, 0.4) is 0 Å². The Kier molecular flexibility index (Phi) is 5.03. The predicted molar refractivity (Wildman–Crippen MR) is 79.0 cm³/mol. The van der Waals surface area contributed by atoms with Gasteiger partial charge in [-0.05, 0) is 25.0 Å². The summed E-state index contributed by atoms with van der Waals surface area (Å²) in [5, 5.41) is 14.6. The highest BCUT2D eigenvalue weighted by atomic mass is 16.5. The molecule has 0 heterocycles. The molecule has 114 valence electrons. The molecule has 3 N–H and O–H groups in total. The Morgan fingerprint density at radius 2 is 1.95 bits per heavy atom. The lowest BCUT2D eigenvalue weighted by Gasteiger charge is -2.23.